The summed E-state index contributed by atoms with van der Waals surface area (Å²) in [5.41, 5.74) is 11.2. The molecule has 24 heavy (non-hydrogen) atoms. The fraction of sp³-hybridized carbons (Fsp3) is 0.375. The van der Waals surface area contributed by atoms with E-state index in [9.17, 15) is 14.4 Å². The minimum absolute atomic E-state index is 0.00773. The number of Topliss-reactive ketones (excluding diaryl/α,β-unsaturated/α-hetero) is 1. The van der Waals surface area contributed by atoms with Crippen molar-refractivity contribution in [1.82, 2.24) is 5.32 Å². The molecule has 0 saturated heterocycles. The van der Waals surface area contributed by atoms with Gasteiger partial charge in [0.05, 0.1) is 6.04 Å². The number of hydrogen-bond acceptors (Lipinski definition) is 5. The van der Waals surface area contributed by atoms with E-state index in [0.717, 1.165) is 5.56 Å². The number of nitrogens with two attached hydrogens (primary N) is 2. The maximum absolute atomic E-state index is 12.2. The Morgan fingerprint density at radius 1 is 1.21 bits per heavy atom. The third-order valence-corrected chi connectivity index (χ3v) is 3.05. The van der Waals surface area contributed by atoms with E-state index in [1.54, 1.807) is 24.3 Å². The van der Waals surface area contributed by atoms with Crippen molar-refractivity contribution in [2.75, 3.05) is 6.54 Å². The lowest BCUT2D eigenvalue weighted by atomic mass is 10.1. The highest BCUT2D eigenvalue weighted by Gasteiger charge is 2.27. The zero-order valence-electron chi connectivity index (χ0n) is 13.5. The minimum atomic E-state index is -0.987. The van der Waals surface area contributed by atoms with Gasteiger partial charge in [0.1, 0.15) is 6.61 Å². The number of ether oxygens (including phenoxy) is 1. The van der Waals surface area contributed by atoms with Crippen LogP contribution in [0.5, 0.6) is 0 Å². The van der Waals surface area contributed by atoms with E-state index in [1.165, 1.54) is 6.92 Å². The molecule has 0 unspecified atom stereocenters. The molecule has 0 saturated carbocycles. The molecule has 0 spiro atoms. The van der Waals surface area contributed by atoms with Crippen molar-refractivity contribution in [3.8, 4) is 0 Å². The Bertz CT molecular complexity index is 597. The van der Waals surface area contributed by atoms with Gasteiger partial charge in [0.2, 0.25) is 5.91 Å². The first-order valence-electron chi connectivity index (χ1n) is 7.47. The van der Waals surface area contributed by atoms with Crippen LogP contribution in [0.2, 0.25) is 0 Å². The summed E-state index contributed by atoms with van der Waals surface area (Å²) in [7, 11) is 0. The molecular weight excluding hydrogens is 312 g/mol. The molecule has 8 nitrogen and oxygen atoms in total. The van der Waals surface area contributed by atoms with Gasteiger partial charge in [-0.15, -0.1) is 0 Å². The fourth-order valence-corrected chi connectivity index (χ4v) is 1.95. The first-order chi connectivity index (χ1) is 11.4. The van der Waals surface area contributed by atoms with Crippen molar-refractivity contribution >= 4 is 23.6 Å². The van der Waals surface area contributed by atoms with Crippen molar-refractivity contribution in [2.45, 2.75) is 32.4 Å². The average Bonchev–Trinajstić information content (AvgIpc) is 2.55. The lowest BCUT2D eigenvalue weighted by Crippen LogP contribution is -2.43. The molecule has 1 aromatic rings. The van der Waals surface area contributed by atoms with Gasteiger partial charge in [-0.3, -0.25) is 14.6 Å². The first kappa shape index (κ1) is 19.1. The molecule has 0 radical (unpaired) electrons. The van der Waals surface area contributed by atoms with Gasteiger partial charge in [0.25, 0.3) is 5.78 Å². The van der Waals surface area contributed by atoms with Gasteiger partial charge < -0.3 is 21.5 Å². The second-order valence-corrected chi connectivity index (χ2v) is 5.13. The normalized spacial score (nSPS) is 11.2. The second-order valence-electron chi connectivity index (χ2n) is 5.13. The highest BCUT2D eigenvalue weighted by atomic mass is 16.5. The van der Waals surface area contributed by atoms with Crippen LogP contribution in [0.4, 0.5) is 0 Å². The number of carbonyl (C=O) groups excluding carboxylic acids is 3. The Morgan fingerprint density at radius 3 is 2.46 bits per heavy atom. The molecule has 5 N–H and O–H groups in total. The van der Waals surface area contributed by atoms with Crippen molar-refractivity contribution in [2.24, 2.45) is 16.5 Å². The van der Waals surface area contributed by atoms with Crippen molar-refractivity contribution < 1.29 is 19.1 Å². The molecule has 0 aliphatic rings. The zero-order chi connectivity index (χ0) is 17.9. The maximum atomic E-state index is 12.2. The Hall–Kier alpha value is -2.90. The van der Waals surface area contributed by atoms with Gasteiger partial charge in [-0.25, -0.2) is 4.79 Å². The second kappa shape index (κ2) is 9.98. The predicted molar refractivity (Wildman–Crippen MR) is 88.8 cm³/mol. The van der Waals surface area contributed by atoms with Gasteiger partial charge in [-0.1, -0.05) is 30.3 Å². The maximum Gasteiger partial charge on any atom is 0.377 e. The summed E-state index contributed by atoms with van der Waals surface area (Å²) < 4.78 is 4.99. The van der Waals surface area contributed by atoms with Crippen LogP contribution >= 0.6 is 0 Å². The standard InChI is InChI=1S/C16H22N4O4/c1-11(21)20-13(8-5-9-19-16(17)18)14(22)15(23)24-10-12-6-3-2-4-7-12/h2-4,6-7,13H,5,8-10H2,1H3,(H,20,21)(H4,17,18,19)/t13-/m0/s1. The molecule has 8 heteroatoms. The molecule has 0 aliphatic heterocycles. The molecule has 0 bridgehead atoms. The average molecular weight is 334 g/mol. The van der Waals surface area contributed by atoms with Crippen LogP contribution in [0.15, 0.2) is 35.3 Å². The highest BCUT2D eigenvalue weighted by molar-refractivity contribution is 6.36. The quantitative estimate of drug-likeness (QED) is 0.189. The summed E-state index contributed by atoms with van der Waals surface area (Å²) in [6.07, 6.45) is 0.663. The lowest BCUT2D eigenvalue weighted by Gasteiger charge is -2.15. The molecule has 130 valence electrons. The Morgan fingerprint density at radius 2 is 1.88 bits per heavy atom. The largest absolute Gasteiger partial charge is 0.455 e. The van der Waals surface area contributed by atoms with Crippen molar-refractivity contribution in [1.29, 1.82) is 0 Å². The molecule has 1 amide bonds. The minimum Gasteiger partial charge on any atom is -0.455 e. The van der Waals surface area contributed by atoms with Gasteiger partial charge in [-0.05, 0) is 18.4 Å². The molecule has 1 aromatic carbocycles. The molecule has 0 aliphatic carbocycles. The third kappa shape index (κ3) is 7.39. The third-order valence-electron chi connectivity index (χ3n) is 3.05. The van der Waals surface area contributed by atoms with Crippen LogP contribution < -0.4 is 16.8 Å². The zero-order valence-corrected chi connectivity index (χ0v) is 13.5. The Balaban J connectivity index is 2.56. The first-order valence-corrected chi connectivity index (χ1v) is 7.47. The number of ketones is 1. The molecule has 1 atom stereocenters. The topological polar surface area (TPSA) is 137 Å². The number of hydrogen-bond donors (Lipinski definition) is 3. The van der Waals surface area contributed by atoms with Gasteiger partial charge in [-0.2, -0.15) is 0 Å². The number of amides is 1. The number of benzene rings is 1. The lowest BCUT2D eigenvalue weighted by molar-refractivity contribution is -0.156. The summed E-state index contributed by atoms with van der Waals surface area (Å²) in [5, 5.41) is 2.45. The monoisotopic (exact) mass is 334 g/mol. The number of aliphatic imine (C=N–C) groups is 1. The number of nitrogens with one attached hydrogen (secondary N) is 1. The van der Waals surface area contributed by atoms with E-state index >= 15 is 0 Å². The van der Waals surface area contributed by atoms with Crippen LogP contribution in [0.3, 0.4) is 0 Å². The van der Waals surface area contributed by atoms with E-state index in [1.807, 2.05) is 6.07 Å². The Labute approximate surface area is 140 Å². The number of esters is 1. The van der Waals surface area contributed by atoms with Crippen LogP contribution in [0.25, 0.3) is 0 Å². The molecule has 0 fully saturated rings. The van der Waals surface area contributed by atoms with E-state index < -0.39 is 23.7 Å². The van der Waals surface area contributed by atoms with Crippen molar-refractivity contribution in [3.63, 3.8) is 0 Å². The number of guanidine groups is 1. The number of nitrogens with zero attached hydrogens (tertiary/aromatic N) is 1. The van der Waals surface area contributed by atoms with Gasteiger partial charge in [0, 0.05) is 13.5 Å². The van der Waals surface area contributed by atoms with E-state index in [0.29, 0.717) is 13.0 Å². The smallest absolute Gasteiger partial charge is 0.377 e. The summed E-state index contributed by atoms with van der Waals surface area (Å²) in [4.78, 5) is 39.0. The highest BCUT2D eigenvalue weighted by Crippen LogP contribution is 2.05. The van der Waals surface area contributed by atoms with Gasteiger partial charge in [0.15, 0.2) is 5.96 Å². The van der Waals surface area contributed by atoms with Crippen LogP contribution in [-0.2, 0) is 25.7 Å². The van der Waals surface area contributed by atoms with E-state index in [-0.39, 0.29) is 19.0 Å². The summed E-state index contributed by atoms with van der Waals surface area (Å²) >= 11 is 0. The SMILES string of the molecule is CC(=O)N[C@@H](CCCN=C(N)N)C(=O)C(=O)OCc1ccccc1. The Kier molecular flexibility index (Phi) is 7.97. The van der Waals surface area contributed by atoms with E-state index in [2.05, 4.69) is 10.3 Å². The summed E-state index contributed by atoms with van der Waals surface area (Å²) in [5.74, 6) is -2.25. The van der Waals surface area contributed by atoms with Crippen LogP contribution in [0, 0.1) is 0 Å². The van der Waals surface area contributed by atoms with Crippen LogP contribution in [-0.4, -0.2) is 36.2 Å². The summed E-state index contributed by atoms with van der Waals surface area (Å²) in [6, 6.07) is 8.03. The molecular formula is C16H22N4O4. The number of rotatable bonds is 9. The number of carbonyl (C=O) groups is 3. The fourth-order valence-electron chi connectivity index (χ4n) is 1.95. The molecule has 0 heterocycles. The summed E-state index contributed by atoms with van der Waals surface area (Å²) in [6.45, 7) is 1.56. The van der Waals surface area contributed by atoms with E-state index in [4.69, 9.17) is 16.2 Å². The van der Waals surface area contributed by atoms with Crippen LogP contribution in [0.1, 0.15) is 25.3 Å². The van der Waals surface area contributed by atoms with Crippen molar-refractivity contribution in [3.05, 3.63) is 35.9 Å². The molecule has 0 aromatic heterocycles. The van der Waals surface area contributed by atoms with Gasteiger partial charge >= 0.3 is 5.97 Å². The predicted octanol–water partition coefficient (Wildman–Crippen LogP) is -0.143. The molecule has 1 rings (SSSR count).